The van der Waals surface area contributed by atoms with Gasteiger partial charge in [0.25, 0.3) is 5.91 Å². The van der Waals surface area contributed by atoms with Crippen LogP contribution in [0.25, 0.3) is 0 Å². The van der Waals surface area contributed by atoms with Crippen LogP contribution < -0.4 is 5.32 Å². The predicted molar refractivity (Wildman–Crippen MR) is 89.4 cm³/mol. The van der Waals surface area contributed by atoms with Crippen LogP contribution in [0.1, 0.15) is 27.5 Å². The summed E-state index contributed by atoms with van der Waals surface area (Å²) >= 11 is 6.25. The summed E-state index contributed by atoms with van der Waals surface area (Å²) in [4.78, 5) is 27.0. The lowest BCUT2D eigenvalue weighted by atomic mass is 10.00. The van der Waals surface area contributed by atoms with Gasteiger partial charge >= 0.3 is 0 Å². The molecular weight excluding hydrogens is 312 g/mol. The van der Waals surface area contributed by atoms with Crippen molar-refractivity contribution in [2.45, 2.75) is 13.0 Å². The van der Waals surface area contributed by atoms with E-state index in [1.54, 1.807) is 29.2 Å². The Morgan fingerprint density at radius 1 is 1.17 bits per heavy atom. The van der Waals surface area contributed by atoms with Crippen LogP contribution in [0.5, 0.6) is 0 Å². The molecule has 1 heterocycles. The average molecular weight is 329 g/mol. The highest BCUT2D eigenvalue weighted by atomic mass is 35.5. The molecule has 1 unspecified atom stereocenters. The molecule has 2 aromatic rings. The first-order valence-corrected chi connectivity index (χ1v) is 7.86. The second-order valence-corrected chi connectivity index (χ2v) is 5.94. The van der Waals surface area contributed by atoms with Gasteiger partial charge in [-0.2, -0.15) is 0 Å². The highest BCUT2D eigenvalue weighted by Gasteiger charge is 2.36. The molecule has 1 saturated heterocycles. The standard InChI is InChI=1S/C18H17ClN2O2/c1-12-6-2-3-7-13(12)18(23)21-11-10-20-17(22)16(21)14-8-4-5-9-15(14)19/h2-9,16H,10-11H2,1H3,(H,20,22). The van der Waals surface area contributed by atoms with Gasteiger partial charge in [-0.25, -0.2) is 0 Å². The first kappa shape index (κ1) is 15.6. The van der Waals surface area contributed by atoms with Crippen molar-refractivity contribution in [1.29, 1.82) is 0 Å². The number of nitrogens with zero attached hydrogens (tertiary/aromatic N) is 1. The minimum absolute atomic E-state index is 0.150. The molecule has 0 radical (unpaired) electrons. The topological polar surface area (TPSA) is 49.4 Å². The maximum atomic E-state index is 13.0. The maximum absolute atomic E-state index is 13.0. The second kappa shape index (κ2) is 6.42. The molecule has 0 aliphatic carbocycles. The minimum Gasteiger partial charge on any atom is -0.352 e. The lowest BCUT2D eigenvalue weighted by molar-refractivity contribution is -0.128. The van der Waals surface area contributed by atoms with Gasteiger partial charge in [0.15, 0.2) is 0 Å². The van der Waals surface area contributed by atoms with Crippen molar-refractivity contribution >= 4 is 23.4 Å². The van der Waals surface area contributed by atoms with Crippen molar-refractivity contribution < 1.29 is 9.59 Å². The van der Waals surface area contributed by atoms with E-state index < -0.39 is 6.04 Å². The van der Waals surface area contributed by atoms with Crippen molar-refractivity contribution in [3.05, 3.63) is 70.2 Å². The summed E-state index contributed by atoms with van der Waals surface area (Å²) < 4.78 is 0. The van der Waals surface area contributed by atoms with Crippen LogP contribution in [-0.2, 0) is 4.79 Å². The van der Waals surface area contributed by atoms with Crippen molar-refractivity contribution in [3.63, 3.8) is 0 Å². The molecule has 5 heteroatoms. The van der Waals surface area contributed by atoms with Gasteiger partial charge in [0.1, 0.15) is 6.04 Å². The van der Waals surface area contributed by atoms with E-state index in [1.165, 1.54) is 0 Å². The van der Waals surface area contributed by atoms with Gasteiger partial charge in [0, 0.05) is 29.2 Å². The van der Waals surface area contributed by atoms with Crippen LogP contribution in [0, 0.1) is 6.92 Å². The molecule has 0 spiro atoms. The number of halogens is 1. The van der Waals surface area contributed by atoms with E-state index in [0.29, 0.717) is 29.2 Å². The largest absolute Gasteiger partial charge is 0.352 e. The van der Waals surface area contributed by atoms with E-state index >= 15 is 0 Å². The molecule has 0 aromatic heterocycles. The zero-order valence-electron chi connectivity index (χ0n) is 12.8. The first-order valence-electron chi connectivity index (χ1n) is 7.48. The summed E-state index contributed by atoms with van der Waals surface area (Å²) in [5.74, 6) is -0.353. The fraction of sp³-hybridized carbons (Fsp3) is 0.222. The quantitative estimate of drug-likeness (QED) is 0.921. The molecule has 1 aliphatic rings. The number of nitrogens with one attached hydrogen (secondary N) is 1. The van der Waals surface area contributed by atoms with E-state index in [4.69, 9.17) is 11.6 Å². The van der Waals surface area contributed by atoms with Gasteiger partial charge in [-0.05, 0) is 24.6 Å². The lowest BCUT2D eigenvalue weighted by Gasteiger charge is -2.36. The van der Waals surface area contributed by atoms with Crippen LogP contribution in [0.2, 0.25) is 5.02 Å². The Bertz CT molecular complexity index is 760. The molecule has 23 heavy (non-hydrogen) atoms. The molecule has 4 nitrogen and oxygen atoms in total. The number of hydrogen-bond acceptors (Lipinski definition) is 2. The number of carbonyl (C=O) groups excluding carboxylic acids is 2. The normalized spacial score (nSPS) is 17.7. The van der Waals surface area contributed by atoms with Crippen molar-refractivity contribution in [1.82, 2.24) is 10.2 Å². The molecule has 1 N–H and O–H groups in total. The van der Waals surface area contributed by atoms with Gasteiger partial charge in [0.2, 0.25) is 5.91 Å². The Kier molecular flexibility index (Phi) is 4.35. The summed E-state index contributed by atoms with van der Waals surface area (Å²) in [6.45, 7) is 2.79. The molecule has 1 aliphatic heterocycles. The van der Waals surface area contributed by atoms with Gasteiger partial charge in [-0.15, -0.1) is 0 Å². The van der Waals surface area contributed by atoms with Crippen molar-refractivity contribution in [2.75, 3.05) is 13.1 Å². The molecule has 2 amide bonds. The molecule has 3 rings (SSSR count). The molecule has 0 saturated carbocycles. The Balaban J connectivity index is 2.02. The summed E-state index contributed by atoms with van der Waals surface area (Å²) in [5.41, 5.74) is 2.15. The summed E-state index contributed by atoms with van der Waals surface area (Å²) in [6, 6.07) is 13.8. The van der Waals surface area contributed by atoms with E-state index in [2.05, 4.69) is 5.32 Å². The van der Waals surface area contributed by atoms with Crippen molar-refractivity contribution in [2.24, 2.45) is 0 Å². The van der Waals surface area contributed by atoms with Gasteiger partial charge in [0.05, 0.1) is 0 Å². The van der Waals surface area contributed by atoms with Gasteiger partial charge < -0.3 is 10.2 Å². The SMILES string of the molecule is Cc1ccccc1C(=O)N1CCNC(=O)C1c1ccccc1Cl. The number of hydrogen-bond donors (Lipinski definition) is 1. The lowest BCUT2D eigenvalue weighted by Crippen LogP contribution is -2.52. The van der Waals surface area contributed by atoms with Gasteiger partial charge in [-0.1, -0.05) is 48.0 Å². The van der Waals surface area contributed by atoms with Crippen LogP contribution in [-0.4, -0.2) is 29.8 Å². The fourth-order valence-electron chi connectivity index (χ4n) is 2.86. The summed E-state index contributed by atoms with van der Waals surface area (Å²) in [7, 11) is 0. The highest BCUT2D eigenvalue weighted by Crippen LogP contribution is 2.30. The number of rotatable bonds is 2. The Labute approximate surface area is 140 Å². The first-order chi connectivity index (χ1) is 11.1. The molecule has 2 aromatic carbocycles. The maximum Gasteiger partial charge on any atom is 0.255 e. The zero-order valence-corrected chi connectivity index (χ0v) is 13.5. The van der Waals surface area contributed by atoms with Crippen LogP contribution in [0.4, 0.5) is 0 Å². The third kappa shape index (κ3) is 2.94. The molecule has 0 bridgehead atoms. The van der Waals surface area contributed by atoms with E-state index in [-0.39, 0.29) is 11.8 Å². The molecule has 1 fully saturated rings. The molecular formula is C18H17ClN2O2. The Morgan fingerprint density at radius 3 is 2.61 bits per heavy atom. The van der Waals surface area contributed by atoms with Crippen LogP contribution in [0.3, 0.4) is 0 Å². The molecule has 118 valence electrons. The van der Waals surface area contributed by atoms with Crippen molar-refractivity contribution in [3.8, 4) is 0 Å². The van der Waals surface area contributed by atoms with Gasteiger partial charge in [-0.3, -0.25) is 9.59 Å². The minimum atomic E-state index is -0.704. The zero-order chi connectivity index (χ0) is 16.4. The smallest absolute Gasteiger partial charge is 0.255 e. The molecule has 1 atom stereocenters. The monoisotopic (exact) mass is 328 g/mol. The highest BCUT2D eigenvalue weighted by molar-refractivity contribution is 6.31. The summed E-state index contributed by atoms with van der Waals surface area (Å²) in [6.07, 6.45) is 0. The second-order valence-electron chi connectivity index (χ2n) is 5.53. The van der Waals surface area contributed by atoms with E-state index in [9.17, 15) is 9.59 Å². The predicted octanol–water partition coefficient (Wildman–Crippen LogP) is 2.96. The number of amides is 2. The van der Waals surface area contributed by atoms with Crippen LogP contribution >= 0.6 is 11.6 Å². The Hall–Kier alpha value is -2.33. The average Bonchev–Trinajstić information content (AvgIpc) is 2.55. The fourth-order valence-corrected chi connectivity index (χ4v) is 3.10. The van der Waals surface area contributed by atoms with E-state index in [1.807, 2.05) is 31.2 Å². The number of carbonyl (C=O) groups is 2. The number of piperazine rings is 1. The van der Waals surface area contributed by atoms with Crippen LogP contribution in [0.15, 0.2) is 48.5 Å². The Morgan fingerprint density at radius 2 is 1.87 bits per heavy atom. The van der Waals surface area contributed by atoms with E-state index in [0.717, 1.165) is 5.56 Å². The number of benzene rings is 2. The third-order valence-electron chi connectivity index (χ3n) is 4.05. The third-order valence-corrected chi connectivity index (χ3v) is 4.39. The summed E-state index contributed by atoms with van der Waals surface area (Å²) in [5, 5.41) is 3.30. The number of aryl methyl sites for hydroxylation is 1.